The highest BCUT2D eigenvalue weighted by Gasteiger charge is 2.29. The molecule has 4 heteroatoms. The molecular weight excluding hydrogens is 340 g/mol. The van der Waals surface area contributed by atoms with E-state index in [1.54, 1.807) is 0 Å². The summed E-state index contributed by atoms with van der Waals surface area (Å²) in [7, 11) is 0. The minimum absolute atomic E-state index is 0.516. The Hall–Kier alpha value is -2.36. The van der Waals surface area contributed by atoms with Gasteiger partial charge in [0.15, 0.2) is 6.10 Å². The van der Waals surface area contributed by atoms with E-state index in [9.17, 15) is 9.59 Å². The summed E-state index contributed by atoms with van der Waals surface area (Å²) in [6.07, 6.45) is 8.39. The molecule has 0 aliphatic heterocycles. The van der Waals surface area contributed by atoms with Crippen molar-refractivity contribution in [1.29, 1.82) is 0 Å². The highest BCUT2D eigenvalue weighted by atomic mass is 16.6. The Labute approximate surface area is 163 Å². The van der Waals surface area contributed by atoms with Crippen molar-refractivity contribution in [3.8, 4) is 0 Å². The van der Waals surface area contributed by atoms with E-state index in [2.05, 4.69) is 20.1 Å². The molecule has 0 aromatic heterocycles. The van der Waals surface area contributed by atoms with Gasteiger partial charge in [-0.05, 0) is 25.3 Å². The predicted molar refractivity (Wildman–Crippen MR) is 108 cm³/mol. The lowest BCUT2D eigenvalue weighted by Gasteiger charge is -2.27. The van der Waals surface area contributed by atoms with Crippen molar-refractivity contribution in [3.63, 3.8) is 0 Å². The molecule has 0 spiro atoms. The van der Waals surface area contributed by atoms with Gasteiger partial charge in [-0.15, -0.1) is 0 Å². The molecule has 1 aromatic rings. The highest BCUT2D eigenvalue weighted by molar-refractivity contribution is 5.82. The van der Waals surface area contributed by atoms with Gasteiger partial charge in [-0.1, -0.05) is 82.0 Å². The molecule has 0 saturated heterocycles. The fraction of sp³-hybridized carbons (Fsp3) is 0.478. The van der Waals surface area contributed by atoms with E-state index in [-0.39, 0.29) is 0 Å². The number of benzene rings is 1. The Morgan fingerprint density at radius 2 is 1.48 bits per heavy atom. The molecule has 27 heavy (non-hydrogen) atoms. The van der Waals surface area contributed by atoms with Crippen molar-refractivity contribution in [2.24, 2.45) is 0 Å². The number of unbranched alkanes of at least 4 members (excludes halogenated alkanes) is 5. The molecule has 0 aliphatic rings. The number of esters is 2. The molecular formula is C23H32O4. The first-order chi connectivity index (χ1) is 13.0. The standard InChI is InChI=1S/C23H32O4/c1-5-8-9-10-11-12-13-20(26-21(24)6-2)23(27-22(25)7-3)19-16-14-18(4)15-17-19/h6-7,14-17,20,23H,2-3,5,8-13H2,1,4H3. The Morgan fingerprint density at radius 1 is 0.926 bits per heavy atom. The van der Waals surface area contributed by atoms with Crippen molar-refractivity contribution in [2.75, 3.05) is 0 Å². The maximum atomic E-state index is 11.9. The minimum atomic E-state index is -0.671. The number of hydrogen-bond acceptors (Lipinski definition) is 4. The maximum Gasteiger partial charge on any atom is 0.330 e. The van der Waals surface area contributed by atoms with Gasteiger partial charge in [0, 0.05) is 12.2 Å². The molecule has 1 rings (SSSR count). The van der Waals surface area contributed by atoms with Crippen molar-refractivity contribution in [1.82, 2.24) is 0 Å². The molecule has 0 saturated carbocycles. The number of aryl methyl sites for hydroxylation is 1. The maximum absolute atomic E-state index is 11.9. The summed E-state index contributed by atoms with van der Waals surface area (Å²) >= 11 is 0. The van der Waals surface area contributed by atoms with Crippen LogP contribution in [0.2, 0.25) is 0 Å². The van der Waals surface area contributed by atoms with Gasteiger partial charge in [0.1, 0.15) is 6.10 Å². The molecule has 0 amide bonds. The Bertz CT molecular complexity index is 603. The molecule has 1 aromatic carbocycles. The normalized spacial score (nSPS) is 12.7. The second-order valence-corrected chi connectivity index (χ2v) is 6.71. The van der Waals surface area contributed by atoms with Gasteiger partial charge in [0.2, 0.25) is 0 Å². The summed E-state index contributed by atoms with van der Waals surface area (Å²) in [4.78, 5) is 23.7. The van der Waals surface area contributed by atoms with Crippen LogP contribution in [0, 0.1) is 6.92 Å². The molecule has 0 fully saturated rings. The van der Waals surface area contributed by atoms with Crippen molar-refractivity contribution < 1.29 is 19.1 Å². The summed E-state index contributed by atoms with van der Waals surface area (Å²) < 4.78 is 11.1. The van der Waals surface area contributed by atoms with Crippen LogP contribution in [0.4, 0.5) is 0 Å². The molecule has 0 N–H and O–H groups in total. The Kier molecular flexibility index (Phi) is 10.8. The van der Waals surface area contributed by atoms with Crippen LogP contribution >= 0.6 is 0 Å². The number of ether oxygens (including phenoxy) is 2. The molecule has 0 bridgehead atoms. The molecule has 0 radical (unpaired) electrons. The summed E-state index contributed by atoms with van der Waals surface area (Å²) in [5, 5.41) is 0. The number of carbonyl (C=O) groups excluding carboxylic acids is 2. The summed E-state index contributed by atoms with van der Waals surface area (Å²) in [6.45, 7) is 11.1. The van der Waals surface area contributed by atoms with Crippen LogP contribution in [0.1, 0.15) is 69.1 Å². The zero-order valence-corrected chi connectivity index (χ0v) is 16.6. The molecule has 148 valence electrons. The summed E-state index contributed by atoms with van der Waals surface area (Å²) in [5.41, 5.74) is 1.90. The van der Waals surface area contributed by atoms with E-state index in [1.807, 2.05) is 31.2 Å². The fourth-order valence-corrected chi connectivity index (χ4v) is 2.88. The summed E-state index contributed by atoms with van der Waals surface area (Å²) in [5.74, 6) is -1.05. The van der Waals surface area contributed by atoms with Crippen molar-refractivity contribution in [3.05, 3.63) is 60.7 Å². The van der Waals surface area contributed by atoms with Gasteiger partial charge in [0.05, 0.1) is 0 Å². The SMILES string of the molecule is C=CC(=O)OC(CCCCCCCC)C(OC(=O)C=C)c1ccc(C)cc1. The van der Waals surface area contributed by atoms with Gasteiger partial charge < -0.3 is 9.47 Å². The number of rotatable bonds is 13. The van der Waals surface area contributed by atoms with Crippen LogP contribution in [-0.2, 0) is 19.1 Å². The molecule has 0 heterocycles. The first-order valence-electron chi connectivity index (χ1n) is 9.74. The van der Waals surface area contributed by atoms with Crippen LogP contribution in [0.5, 0.6) is 0 Å². The summed E-state index contributed by atoms with van der Waals surface area (Å²) in [6, 6.07) is 7.68. The zero-order chi connectivity index (χ0) is 20.1. The lowest BCUT2D eigenvalue weighted by molar-refractivity contribution is -0.163. The second kappa shape index (κ2) is 12.9. The van der Waals surface area contributed by atoms with Crippen LogP contribution in [0.3, 0.4) is 0 Å². The lowest BCUT2D eigenvalue weighted by Crippen LogP contribution is -2.28. The van der Waals surface area contributed by atoms with Gasteiger partial charge in [-0.3, -0.25) is 0 Å². The Morgan fingerprint density at radius 3 is 2.07 bits per heavy atom. The first kappa shape index (κ1) is 22.7. The first-order valence-corrected chi connectivity index (χ1v) is 9.74. The third kappa shape index (κ3) is 8.72. The quantitative estimate of drug-likeness (QED) is 0.256. The monoisotopic (exact) mass is 372 g/mol. The fourth-order valence-electron chi connectivity index (χ4n) is 2.88. The zero-order valence-electron chi connectivity index (χ0n) is 16.6. The smallest absolute Gasteiger partial charge is 0.330 e. The highest BCUT2D eigenvalue weighted by Crippen LogP contribution is 2.28. The number of carbonyl (C=O) groups is 2. The average molecular weight is 373 g/mol. The number of hydrogen-bond donors (Lipinski definition) is 0. The largest absolute Gasteiger partial charge is 0.455 e. The van der Waals surface area contributed by atoms with Crippen LogP contribution in [0.15, 0.2) is 49.6 Å². The lowest BCUT2D eigenvalue weighted by atomic mass is 9.97. The van der Waals surface area contributed by atoms with E-state index in [4.69, 9.17) is 9.47 Å². The minimum Gasteiger partial charge on any atom is -0.455 e. The van der Waals surface area contributed by atoms with E-state index in [0.717, 1.165) is 42.5 Å². The van der Waals surface area contributed by atoms with Gasteiger partial charge >= 0.3 is 11.9 Å². The Balaban J connectivity index is 2.91. The van der Waals surface area contributed by atoms with E-state index >= 15 is 0 Å². The van der Waals surface area contributed by atoms with Gasteiger partial charge in [-0.2, -0.15) is 0 Å². The van der Waals surface area contributed by atoms with Crippen LogP contribution < -0.4 is 0 Å². The third-order valence-corrected chi connectivity index (χ3v) is 4.43. The van der Waals surface area contributed by atoms with Crippen molar-refractivity contribution in [2.45, 2.75) is 71.0 Å². The van der Waals surface area contributed by atoms with E-state index in [0.29, 0.717) is 6.42 Å². The third-order valence-electron chi connectivity index (χ3n) is 4.43. The molecule has 2 unspecified atom stereocenters. The predicted octanol–water partition coefficient (Wildman–Crippen LogP) is 5.61. The van der Waals surface area contributed by atoms with E-state index < -0.39 is 24.1 Å². The molecule has 2 atom stereocenters. The second-order valence-electron chi connectivity index (χ2n) is 6.71. The van der Waals surface area contributed by atoms with E-state index in [1.165, 1.54) is 19.3 Å². The van der Waals surface area contributed by atoms with Gasteiger partial charge in [0.25, 0.3) is 0 Å². The van der Waals surface area contributed by atoms with Crippen molar-refractivity contribution >= 4 is 11.9 Å². The average Bonchev–Trinajstić information content (AvgIpc) is 2.68. The molecule has 0 aliphatic carbocycles. The molecule has 4 nitrogen and oxygen atoms in total. The topological polar surface area (TPSA) is 52.6 Å². The van der Waals surface area contributed by atoms with Crippen LogP contribution in [-0.4, -0.2) is 18.0 Å². The van der Waals surface area contributed by atoms with Gasteiger partial charge in [-0.25, -0.2) is 9.59 Å². The van der Waals surface area contributed by atoms with Crippen LogP contribution in [0.25, 0.3) is 0 Å².